The molecule has 0 aromatic heterocycles. The summed E-state index contributed by atoms with van der Waals surface area (Å²) in [4.78, 5) is 22.8. The van der Waals surface area contributed by atoms with E-state index in [-0.39, 0.29) is 35.0 Å². The van der Waals surface area contributed by atoms with Crippen LogP contribution in [-0.4, -0.2) is 18.4 Å². The summed E-state index contributed by atoms with van der Waals surface area (Å²) < 4.78 is 13.6. The number of amides is 2. The summed E-state index contributed by atoms with van der Waals surface area (Å²) in [6.45, 7) is 0.285. The van der Waals surface area contributed by atoms with Crippen molar-refractivity contribution in [1.82, 2.24) is 5.32 Å². The Balaban J connectivity index is 2.03. The maximum atomic E-state index is 13.6. The van der Waals surface area contributed by atoms with E-state index in [0.29, 0.717) is 12.8 Å². The molecule has 6 heteroatoms. The number of hydrogen-bond donors (Lipinski definition) is 2. The van der Waals surface area contributed by atoms with Crippen LogP contribution in [0.15, 0.2) is 18.2 Å². The standard InChI is InChI=1S/C12H12ClFN2O2/c13-8-2-1-3-9(11(8)14)16-12(18)7-4-5-10(17)15-6-7/h1-3,7H,4-6H2,(H,15,17)(H,16,18). The predicted octanol–water partition coefficient (Wildman–Crippen LogP) is 1.94. The largest absolute Gasteiger partial charge is 0.355 e. The quantitative estimate of drug-likeness (QED) is 0.863. The lowest BCUT2D eigenvalue weighted by Gasteiger charge is -2.21. The van der Waals surface area contributed by atoms with E-state index in [1.807, 2.05) is 0 Å². The van der Waals surface area contributed by atoms with Gasteiger partial charge in [0.2, 0.25) is 11.8 Å². The molecule has 0 aliphatic carbocycles. The molecule has 1 aliphatic heterocycles. The fraction of sp³-hybridized carbons (Fsp3) is 0.333. The molecule has 0 saturated carbocycles. The zero-order chi connectivity index (χ0) is 13.1. The number of rotatable bonds is 2. The molecule has 1 fully saturated rings. The third kappa shape index (κ3) is 2.79. The summed E-state index contributed by atoms with van der Waals surface area (Å²) >= 11 is 5.62. The summed E-state index contributed by atoms with van der Waals surface area (Å²) in [6.07, 6.45) is 0.788. The minimum atomic E-state index is -0.646. The van der Waals surface area contributed by atoms with E-state index < -0.39 is 5.82 Å². The molecule has 1 aromatic carbocycles. The third-order valence-corrected chi connectivity index (χ3v) is 3.14. The van der Waals surface area contributed by atoms with Crippen molar-refractivity contribution < 1.29 is 14.0 Å². The molecular formula is C12H12ClFN2O2. The van der Waals surface area contributed by atoms with Crippen LogP contribution in [-0.2, 0) is 9.59 Å². The Morgan fingerprint density at radius 3 is 2.94 bits per heavy atom. The fourth-order valence-electron chi connectivity index (χ4n) is 1.79. The van der Waals surface area contributed by atoms with E-state index in [0.717, 1.165) is 0 Å². The maximum Gasteiger partial charge on any atom is 0.229 e. The summed E-state index contributed by atoms with van der Waals surface area (Å²) in [5.41, 5.74) is 0.0596. The Labute approximate surface area is 109 Å². The third-order valence-electron chi connectivity index (χ3n) is 2.85. The van der Waals surface area contributed by atoms with Gasteiger partial charge in [0.25, 0.3) is 0 Å². The van der Waals surface area contributed by atoms with Crippen molar-refractivity contribution in [2.24, 2.45) is 5.92 Å². The first-order chi connectivity index (χ1) is 8.58. The Bertz CT molecular complexity index is 483. The lowest BCUT2D eigenvalue weighted by Crippen LogP contribution is -2.40. The predicted molar refractivity (Wildman–Crippen MR) is 65.8 cm³/mol. The SMILES string of the molecule is O=C1CCC(C(=O)Nc2cccc(Cl)c2F)CN1. The van der Waals surface area contributed by atoms with Gasteiger partial charge in [-0.05, 0) is 18.6 Å². The van der Waals surface area contributed by atoms with Crippen LogP contribution in [0.5, 0.6) is 0 Å². The second-order valence-electron chi connectivity index (χ2n) is 4.13. The average Bonchev–Trinajstić information content (AvgIpc) is 2.36. The maximum absolute atomic E-state index is 13.6. The van der Waals surface area contributed by atoms with Gasteiger partial charge in [-0.1, -0.05) is 17.7 Å². The highest BCUT2D eigenvalue weighted by Crippen LogP contribution is 2.23. The van der Waals surface area contributed by atoms with Gasteiger partial charge in [0.1, 0.15) is 0 Å². The summed E-state index contributed by atoms with van der Waals surface area (Å²) in [7, 11) is 0. The number of piperidine rings is 1. The van der Waals surface area contributed by atoms with Crippen LogP contribution in [0.4, 0.5) is 10.1 Å². The van der Waals surface area contributed by atoms with Gasteiger partial charge in [0.05, 0.1) is 16.6 Å². The minimum absolute atomic E-state index is 0.0373. The van der Waals surface area contributed by atoms with E-state index in [2.05, 4.69) is 10.6 Å². The Kier molecular flexibility index (Phi) is 3.81. The van der Waals surface area contributed by atoms with E-state index in [4.69, 9.17) is 11.6 Å². The minimum Gasteiger partial charge on any atom is -0.355 e. The summed E-state index contributed by atoms with van der Waals surface area (Å²) in [6, 6.07) is 4.41. The van der Waals surface area contributed by atoms with Gasteiger partial charge in [0, 0.05) is 13.0 Å². The zero-order valence-corrected chi connectivity index (χ0v) is 10.3. The molecule has 1 atom stereocenters. The van der Waals surface area contributed by atoms with E-state index >= 15 is 0 Å². The van der Waals surface area contributed by atoms with Gasteiger partial charge in [-0.2, -0.15) is 0 Å². The first-order valence-electron chi connectivity index (χ1n) is 5.59. The second-order valence-corrected chi connectivity index (χ2v) is 4.54. The van der Waals surface area contributed by atoms with Crippen molar-refractivity contribution in [1.29, 1.82) is 0 Å². The van der Waals surface area contributed by atoms with Crippen LogP contribution in [0.1, 0.15) is 12.8 Å². The molecule has 4 nitrogen and oxygen atoms in total. The summed E-state index contributed by atoms with van der Waals surface area (Å²) in [5, 5.41) is 5.05. The molecule has 2 N–H and O–H groups in total. The number of hydrogen-bond acceptors (Lipinski definition) is 2. The topological polar surface area (TPSA) is 58.2 Å². The van der Waals surface area contributed by atoms with Crippen LogP contribution < -0.4 is 10.6 Å². The molecule has 1 aromatic rings. The molecule has 1 unspecified atom stereocenters. The van der Waals surface area contributed by atoms with E-state index in [1.54, 1.807) is 6.07 Å². The normalized spacial score (nSPS) is 19.2. The highest BCUT2D eigenvalue weighted by atomic mass is 35.5. The van der Waals surface area contributed by atoms with Crippen LogP contribution in [0.3, 0.4) is 0 Å². The molecular weight excluding hydrogens is 259 g/mol. The van der Waals surface area contributed by atoms with Gasteiger partial charge in [0.15, 0.2) is 5.82 Å². The monoisotopic (exact) mass is 270 g/mol. The second kappa shape index (κ2) is 5.35. The molecule has 0 bridgehead atoms. The molecule has 96 valence electrons. The van der Waals surface area contributed by atoms with Crippen molar-refractivity contribution in [2.75, 3.05) is 11.9 Å². The number of nitrogens with one attached hydrogen (secondary N) is 2. The summed E-state index contributed by atoms with van der Waals surface area (Å²) in [5.74, 6) is -1.35. The Hall–Kier alpha value is -1.62. The van der Waals surface area contributed by atoms with Gasteiger partial charge in [-0.25, -0.2) is 4.39 Å². The lowest BCUT2D eigenvalue weighted by molar-refractivity contribution is -0.126. The number of carbonyl (C=O) groups is 2. The average molecular weight is 271 g/mol. The molecule has 18 heavy (non-hydrogen) atoms. The first-order valence-corrected chi connectivity index (χ1v) is 5.97. The first kappa shape index (κ1) is 12.8. The highest BCUT2D eigenvalue weighted by molar-refractivity contribution is 6.31. The Morgan fingerprint density at radius 1 is 1.50 bits per heavy atom. The zero-order valence-electron chi connectivity index (χ0n) is 9.50. The van der Waals surface area contributed by atoms with Crippen molar-refractivity contribution in [3.63, 3.8) is 0 Å². The van der Waals surface area contributed by atoms with Crippen molar-refractivity contribution >= 4 is 29.1 Å². The van der Waals surface area contributed by atoms with Crippen LogP contribution in [0, 0.1) is 11.7 Å². The van der Waals surface area contributed by atoms with Gasteiger partial charge < -0.3 is 10.6 Å². The smallest absolute Gasteiger partial charge is 0.229 e. The van der Waals surface area contributed by atoms with Gasteiger partial charge in [-0.15, -0.1) is 0 Å². The van der Waals surface area contributed by atoms with E-state index in [9.17, 15) is 14.0 Å². The fourth-order valence-corrected chi connectivity index (χ4v) is 1.97. The number of carbonyl (C=O) groups excluding carboxylic acids is 2. The van der Waals surface area contributed by atoms with Crippen LogP contribution in [0.2, 0.25) is 5.02 Å². The molecule has 1 aliphatic rings. The molecule has 1 heterocycles. The van der Waals surface area contributed by atoms with Gasteiger partial charge in [-0.3, -0.25) is 9.59 Å². The number of halogens is 2. The Morgan fingerprint density at radius 2 is 2.28 bits per heavy atom. The molecule has 0 radical (unpaired) electrons. The van der Waals surface area contributed by atoms with E-state index in [1.165, 1.54) is 12.1 Å². The van der Waals surface area contributed by atoms with Crippen molar-refractivity contribution in [2.45, 2.75) is 12.8 Å². The highest BCUT2D eigenvalue weighted by Gasteiger charge is 2.25. The molecule has 2 rings (SSSR count). The molecule has 0 spiro atoms. The van der Waals surface area contributed by atoms with Crippen LogP contribution in [0.25, 0.3) is 0 Å². The lowest BCUT2D eigenvalue weighted by atomic mass is 9.98. The number of benzene rings is 1. The van der Waals surface area contributed by atoms with Crippen LogP contribution >= 0.6 is 11.6 Å². The number of anilines is 1. The van der Waals surface area contributed by atoms with Crippen molar-refractivity contribution in [3.05, 3.63) is 29.0 Å². The molecule has 2 amide bonds. The van der Waals surface area contributed by atoms with Crippen molar-refractivity contribution in [3.8, 4) is 0 Å². The van der Waals surface area contributed by atoms with Gasteiger partial charge >= 0.3 is 0 Å². The molecule has 1 saturated heterocycles.